The topological polar surface area (TPSA) is 68.0 Å². The monoisotopic (exact) mass is 369 g/mol. The molecule has 0 aliphatic rings. The van der Waals surface area contributed by atoms with E-state index in [-0.39, 0.29) is 11.9 Å². The minimum Gasteiger partial charge on any atom is -0.459 e. The fourth-order valence-electron chi connectivity index (χ4n) is 3.00. The van der Waals surface area contributed by atoms with Gasteiger partial charge in [0.25, 0.3) is 0 Å². The van der Waals surface area contributed by atoms with Crippen LogP contribution in [-0.2, 0) is 11.2 Å². The third-order valence-electron chi connectivity index (χ3n) is 4.43. The Hall–Kier alpha value is -2.34. The summed E-state index contributed by atoms with van der Waals surface area (Å²) < 4.78 is 5.82. The highest BCUT2D eigenvalue weighted by Crippen LogP contribution is 2.24. The number of aromatic nitrogens is 2. The van der Waals surface area contributed by atoms with Gasteiger partial charge in [-0.15, -0.1) is 0 Å². The van der Waals surface area contributed by atoms with Crippen LogP contribution in [0.5, 0.6) is 0 Å². The second-order valence-corrected chi connectivity index (χ2v) is 7.11. The molecule has 6 heteroatoms. The third-order valence-corrected chi connectivity index (χ3v) is 4.98. The minimum atomic E-state index is -0.174. The largest absolute Gasteiger partial charge is 0.459 e. The number of rotatable bonds is 6. The molecule has 3 aromatic rings. The number of fused-ring (bicyclic) bond motifs is 1. The van der Waals surface area contributed by atoms with E-state index in [9.17, 15) is 4.79 Å². The van der Waals surface area contributed by atoms with Crippen molar-refractivity contribution in [1.29, 1.82) is 0 Å². The Kier molecular flexibility index (Phi) is 5.61. The summed E-state index contributed by atoms with van der Waals surface area (Å²) in [5, 5.41) is 4.82. The number of benzene rings is 1. The van der Waals surface area contributed by atoms with E-state index in [4.69, 9.17) is 4.42 Å². The van der Waals surface area contributed by atoms with Crippen LogP contribution in [0.15, 0.2) is 39.9 Å². The van der Waals surface area contributed by atoms with Crippen LogP contribution in [0.1, 0.15) is 42.1 Å². The number of thioether (sulfide) groups is 1. The lowest BCUT2D eigenvalue weighted by Crippen LogP contribution is -2.26. The van der Waals surface area contributed by atoms with Gasteiger partial charge in [0.15, 0.2) is 5.16 Å². The molecule has 26 heavy (non-hydrogen) atoms. The number of carbonyl (C=O) groups is 1. The molecule has 1 atom stereocenters. The summed E-state index contributed by atoms with van der Waals surface area (Å²) in [5.41, 5.74) is 3.77. The molecule has 1 aromatic carbocycles. The van der Waals surface area contributed by atoms with Crippen molar-refractivity contribution in [2.75, 3.05) is 6.26 Å². The van der Waals surface area contributed by atoms with Crippen LogP contribution >= 0.6 is 11.8 Å². The van der Waals surface area contributed by atoms with E-state index >= 15 is 0 Å². The molecule has 136 valence electrons. The minimum absolute atomic E-state index is 0.00861. The van der Waals surface area contributed by atoms with E-state index in [1.54, 1.807) is 0 Å². The molecule has 0 aliphatic heterocycles. The maximum atomic E-state index is 12.4. The Bertz CT molecular complexity index is 880. The Morgan fingerprint density at radius 1 is 1.23 bits per heavy atom. The van der Waals surface area contributed by atoms with E-state index in [1.807, 2.05) is 57.4 Å². The molecule has 0 unspecified atom stereocenters. The van der Waals surface area contributed by atoms with Crippen LogP contribution < -0.4 is 5.32 Å². The van der Waals surface area contributed by atoms with Crippen molar-refractivity contribution < 1.29 is 9.21 Å². The maximum absolute atomic E-state index is 12.4. The van der Waals surface area contributed by atoms with Gasteiger partial charge >= 0.3 is 0 Å². The Balaban J connectivity index is 1.62. The molecule has 0 aliphatic carbocycles. The smallest absolute Gasteiger partial charge is 0.220 e. The Labute approximate surface area is 157 Å². The van der Waals surface area contributed by atoms with Gasteiger partial charge in [-0.05, 0) is 51.1 Å². The summed E-state index contributed by atoms with van der Waals surface area (Å²) in [6.45, 7) is 5.87. The van der Waals surface area contributed by atoms with Crippen molar-refractivity contribution in [3.8, 4) is 0 Å². The molecular formula is C20H23N3O2S. The molecule has 2 heterocycles. The van der Waals surface area contributed by atoms with Gasteiger partial charge in [0.1, 0.15) is 11.3 Å². The predicted octanol–water partition coefficient (Wildman–Crippen LogP) is 4.37. The fourth-order valence-corrected chi connectivity index (χ4v) is 3.46. The Morgan fingerprint density at radius 3 is 2.58 bits per heavy atom. The fraction of sp³-hybridized carbons (Fsp3) is 0.350. The van der Waals surface area contributed by atoms with Crippen LogP contribution in [0.2, 0.25) is 0 Å². The van der Waals surface area contributed by atoms with E-state index in [0.717, 1.165) is 38.8 Å². The summed E-state index contributed by atoms with van der Waals surface area (Å²) in [6.07, 6.45) is 2.99. The summed E-state index contributed by atoms with van der Waals surface area (Å²) in [4.78, 5) is 21.3. The van der Waals surface area contributed by atoms with Crippen LogP contribution in [0, 0.1) is 13.8 Å². The standard InChI is InChI=1S/C20H23N3O2S/c1-12-16(13(2)23-20(22-12)26-4)9-10-19(24)21-14(3)18-11-15-7-5-6-8-17(15)25-18/h5-8,11,14H,9-10H2,1-4H3,(H,21,24)/t14-/m1/s1. The van der Waals surface area contributed by atoms with Crippen LogP contribution in [-0.4, -0.2) is 22.1 Å². The van der Waals surface area contributed by atoms with Gasteiger partial charge in [-0.3, -0.25) is 4.79 Å². The zero-order chi connectivity index (χ0) is 18.7. The lowest BCUT2D eigenvalue weighted by molar-refractivity contribution is -0.121. The molecule has 0 radical (unpaired) electrons. The van der Waals surface area contributed by atoms with Gasteiger partial charge in [-0.2, -0.15) is 0 Å². The van der Waals surface area contributed by atoms with E-state index < -0.39 is 0 Å². The molecule has 0 saturated carbocycles. The second-order valence-electron chi connectivity index (χ2n) is 6.34. The number of nitrogens with zero attached hydrogens (tertiary/aromatic N) is 2. The van der Waals surface area contributed by atoms with Crippen molar-refractivity contribution in [1.82, 2.24) is 15.3 Å². The first kappa shape index (κ1) is 18.5. The van der Waals surface area contributed by atoms with Crippen LogP contribution in [0.3, 0.4) is 0 Å². The molecule has 1 amide bonds. The highest BCUT2D eigenvalue weighted by molar-refractivity contribution is 7.98. The van der Waals surface area contributed by atoms with E-state index in [0.29, 0.717) is 12.8 Å². The second kappa shape index (κ2) is 7.91. The number of hydrogen-bond acceptors (Lipinski definition) is 5. The van der Waals surface area contributed by atoms with Gasteiger partial charge in [0, 0.05) is 23.2 Å². The Morgan fingerprint density at radius 2 is 1.92 bits per heavy atom. The quantitative estimate of drug-likeness (QED) is 0.516. The number of para-hydroxylation sites is 1. The molecular weight excluding hydrogens is 346 g/mol. The van der Waals surface area contributed by atoms with Gasteiger partial charge in [0.2, 0.25) is 5.91 Å². The number of amides is 1. The average Bonchev–Trinajstić information content (AvgIpc) is 3.05. The molecule has 5 nitrogen and oxygen atoms in total. The number of furan rings is 1. The van der Waals surface area contributed by atoms with Crippen LogP contribution in [0.4, 0.5) is 0 Å². The number of nitrogens with one attached hydrogen (secondary N) is 1. The highest BCUT2D eigenvalue weighted by Gasteiger charge is 2.15. The normalized spacial score (nSPS) is 12.3. The molecule has 1 N–H and O–H groups in total. The number of carbonyl (C=O) groups excluding carboxylic acids is 1. The summed E-state index contributed by atoms with van der Waals surface area (Å²) in [5.74, 6) is 0.755. The molecule has 2 aromatic heterocycles. The number of hydrogen-bond donors (Lipinski definition) is 1. The molecule has 3 rings (SSSR count). The first-order valence-electron chi connectivity index (χ1n) is 8.64. The van der Waals surface area contributed by atoms with Crippen molar-refractivity contribution in [3.05, 3.63) is 53.0 Å². The number of aryl methyl sites for hydroxylation is 2. The van der Waals surface area contributed by atoms with Crippen molar-refractivity contribution in [2.45, 2.75) is 44.8 Å². The summed E-state index contributed by atoms with van der Waals surface area (Å²) in [7, 11) is 0. The molecule has 0 spiro atoms. The molecule has 0 bridgehead atoms. The van der Waals surface area contributed by atoms with Crippen molar-refractivity contribution in [2.24, 2.45) is 0 Å². The SMILES string of the molecule is CSc1nc(C)c(CCC(=O)N[C@H](C)c2cc3ccccc3o2)c(C)n1. The van der Waals surface area contributed by atoms with E-state index in [1.165, 1.54) is 11.8 Å². The van der Waals surface area contributed by atoms with Gasteiger partial charge in [0.05, 0.1) is 6.04 Å². The van der Waals surface area contributed by atoms with E-state index in [2.05, 4.69) is 15.3 Å². The highest BCUT2D eigenvalue weighted by atomic mass is 32.2. The first-order chi connectivity index (χ1) is 12.5. The average molecular weight is 369 g/mol. The van der Waals surface area contributed by atoms with Gasteiger partial charge in [-0.1, -0.05) is 30.0 Å². The maximum Gasteiger partial charge on any atom is 0.220 e. The lowest BCUT2D eigenvalue weighted by Gasteiger charge is -2.13. The summed E-state index contributed by atoms with van der Waals surface area (Å²) in [6, 6.07) is 9.64. The molecule has 0 fully saturated rings. The molecule has 0 saturated heterocycles. The van der Waals surface area contributed by atoms with Crippen molar-refractivity contribution in [3.63, 3.8) is 0 Å². The lowest BCUT2D eigenvalue weighted by atomic mass is 10.1. The predicted molar refractivity (Wildman–Crippen MR) is 104 cm³/mol. The zero-order valence-corrected chi connectivity index (χ0v) is 16.3. The first-order valence-corrected chi connectivity index (χ1v) is 9.86. The van der Waals surface area contributed by atoms with Gasteiger partial charge in [-0.25, -0.2) is 9.97 Å². The zero-order valence-electron chi connectivity index (χ0n) is 15.5. The van der Waals surface area contributed by atoms with Crippen LogP contribution in [0.25, 0.3) is 11.0 Å². The summed E-state index contributed by atoms with van der Waals surface area (Å²) >= 11 is 1.53. The third kappa shape index (κ3) is 4.07. The van der Waals surface area contributed by atoms with Crippen molar-refractivity contribution >= 4 is 28.6 Å². The van der Waals surface area contributed by atoms with Gasteiger partial charge < -0.3 is 9.73 Å².